The van der Waals surface area contributed by atoms with E-state index < -0.39 is 34.2 Å². The molecule has 0 saturated heterocycles. The van der Waals surface area contributed by atoms with Gasteiger partial charge in [0.2, 0.25) is 0 Å². The van der Waals surface area contributed by atoms with E-state index in [-0.39, 0.29) is 5.69 Å². The normalized spacial score (nSPS) is 12.3. The second kappa shape index (κ2) is 10.6. The Labute approximate surface area is 192 Å². The molecule has 2 rings (SSSR count). The molecule has 4 nitrogen and oxygen atoms in total. The van der Waals surface area contributed by atoms with Crippen LogP contribution in [0, 0.1) is 17.8 Å². The van der Waals surface area contributed by atoms with E-state index in [9.17, 15) is 23.1 Å². The molecule has 0 amide bonds. The Bertz CT molecular complexity index is 998. The van der Waals surface area contributed by atoms with Gasteiger partial charge in [-0.25, -0.2) is 9.78 Å². The van der Waals surface area contributed by atoms with Gasteiger partial charge in [0.1, 0.15) is 10.8 Å². The quantitative estimate of drug-likeness (QED) is 0.291. The summed E-state index contributed by atoms with van der Waals surface area (Å²) < 4.78 is 41.9. The number of fused-ring (bicyclic) bond motifs is 1. The molecular formula is C24H30ClF3N2O2. The number of unbranched alkanes of at least 4 members (excludes halogenated alkanes) is 6. The summed E-state index contributed by atoms with van der Waals surface area (Å²) in [5.41, 5.74) is -1.51. The molecule has 0 aliphatic heterocycles. The number of aromatic carboxylic acids is 1. The molecule has 2 aromatic heterocycles. The number of rotatable bonds is 10. The molecule has 1 N–H and O–H groups in total. The molecule has 0 aliphatic rings. The number of hydrogen-bond donors (Lipinski definition) is 1. The first-order valence-electron chi connectivity index (χ1n) is 10.9. The maximum absolute atomic E-state index is 13.6. The predicted octanol–water partition coefficient (Wildman–Crippen LogP) is 7.40. The van der Waals surface area contributed by atoms with Crippen LogP contribution < -0.4 is 0 Å². The third-order valence-corrected chi connectivity index (χ3v) is 5.77. The van der Waals surface area contributed by atoms with Crippen LogP contribution in [-0.4, -0.2) is 20.5 Å². The minimum atomic E-state index is -4.72. The Kier molecular flexibility index (Phi) is 8.64. The fourth-order valence-corrected chi connectivity index (χ4v) is 4.07. The molecular weight excluding hydrogens is 441 g/mol. The molecule has 0 atom stereocenters. The van der Waals surface area contributed by atoms with Gasteiger partial charge < -0.3 is 5.11 Å². The van der Waals surface area contributed by atoms with Crippen LogP contribution in [0.1, 0.15) is 99.4 Å². The van der Waals surface area contributed by atoms with E-state index in [4.69, 9.17) is 18.0 Å². The average Bonchev–Trinajstić information content (AvgIpc) is 3.01. The number of hydrogen-bond acceptors (Lipinski definition) is 2. The molecule has 0 aliphatic carbocycles. The highest BCUT2D eigenvalue weighted by atomic mass is 35.5. The number of nitrogens with zero attached hydrogens (tertiary/aromatic N) is 2. The van der Waals surface area contributed by atoms with E-state index >= 15 is 0 Å². The second-order valence-corrected chi connectivity index (χ2v) is 9.68. The number of aryl methyl sites for hydroxylation is 1. The zero-order valence-corrected chi connectivity index (χ0v) is 19.5. The summed E-state index contributed by atoms with van der Waals surface area (Å²) in [7, 11) is 0. The van der Waals surface area contributed by atoms with Gasteiger partial charge >= 0.3 is 12.1 Å². The van der Waals surface area contributed by atoms with E-state index in [1.165, 1.54) is 19.3 Å². The number of terminal acetylenes is 1. The summed E-state index contributed by atoms with van der Waals surface area (Å²) in [6.45, 7) is 6.70. The SMILES string of the molecule is C#Cc1c(CCCCCCCCCC(C)(C)C)cc(C(F)(F)F)c2nc(C(=O)O)c(Cl)n12. The summed E-state index contributed by atoms with van der Waals surface area (Å²) in [6.07, 6.45) is 9.60. The summed E-state index contributed by atoms with van der Waals surface area (Å²) in [4.78, 5) is 14.9. The second-order valence-electron chi connectivity index (χ2n) is 9.32. The van der Waals surface area contributed by atoms with Crippen LogP contribution in [0.3, 0.4) is 0 Å². The van der Waals surface area contributed by atoms with Crippen molar-refractivity contribution in [2.75, 3.05) is 0 Å². The van der Waals surface area contributed by atoms with E-state index in [1.54, 1.807) is 0 Å². The Balaban J connectivity index is 2.09. The monoisotopic (exact) mass is 470 g/mol. The fourth-order valence-electron chi connectivity index (χ4n) is 3.78. The minimum Gasteiger partial charge on any atom is -0.476 e. The van der Waals surface area contributed by atoms with Crippen molar-refractivity contribution >= 4 is 23.2 Å². The van der Waals surface area contributed by atoms with Gasteiger partial charge in [-0.3, -0.25) is 4.40 Å². The molecule has 0 saturated carbocycles. The van der Waals surface area contributed by atoms with Gasteiger partial charge in [0.15, 0.2) is 11.3 Å². The van der Waals surface area contributed by atoms with Gasteiger partial charge in [-0.1, -0.05) is 76.8 Å². The largest absolute Gasteiger partial charge is 0.476 e. The Morgan fingerprint density at radius 1 is 1.12 bits per heavy atom. The van der Waals surface area contributed by atoms with Crippen molar-refractivity contribution in [2.45, 2.75) is 84.7 Å². The molecule has 0 unspecified atom stereocenters. The first-order chi connectivity index (χ1) is 14.9. The number of carbonyl (C=O) groups is 1. The zero-order valence-electron chi connectivity index (χ0n) is 18.8. The van der Waals surface area contributed by atoms with E-state index in [1.807, 2.05) is 0 Å². The van der Waals surface area contributed by atoms with Crippen molar-refractivity contribution in [3.05, 3.63) is 33.7 Å². The maximum atomic E-state index is 13.6. The maximum Gasteiger partial charge on any atom is 0.419 e. The molecule has 2 heterocycles. The molecule has 0 radical (unpaired) electrons. The minimum absolute atomic E-state index is 0.111. The zero-order chi connectivity index (χ0) is 24.1. The van der Waals surface area contributed by atoms with Crippen LogP contribution in [0.2, 0.25) is 5.15 Å². The number of aromatic nitrogens is 2. The van der Waals surface area contributed by atoms with Gasteiger partial charge in [0, 0.05) is 0 Å². The standard InChI is InChI=1S/C24H30ClF3N2O2/c1-5-18-16(13-11-9-7-6-8-10-12-14-23(2,3)4)15-17(24(26,27)28)21-29-19(22(31)32)20(25)30(18)21/h1,15H,6-14H2,2-4H3,(H,31,32). The number of carboxylic acids is 1. The van der Waals surface area contributed by atoms with Crippen molar-refractivity contribution in [1.82, 2.24) is 9.38 Å². The van der Waals surface area contributed by atoms with E-state index in [0.717, 1.165) is 36.2 Å². The molecule has 0 spiro atoms. The lowest BCUT2D eigenvalue weighted by molar-refractivity contribution is -0.136. The lowest BCUT2D eigenvalue weighted by Gasteiger charge is -2.17. The van der Waals surface area contributed by atoms with Gasteiger partial charge in [-0.15, -0.1) is 6.42 Å². The van der Waals surface area contributed by atoms with E-state index in [2.05, 4.69) is 31.7 Å². The van der Waals surface area contributed by atoms with Crippen molar-refractivity contribution in [1.29, 1.82) is 0 Å². The Morgan fingerprint density at radius 3 is 2.19 bits per heavy atom. The van der Waals surface area contributed by atoms with Crippen LogP contribution in [0.25, 0.3) is 5.65 Å². The summed E-state index contributed by atoms with van der Waals surface area (Å²) in [6, 6.07) is 0.978. The van der Waals surface area contributed by atoms with Gasteiger partial charge in [-0.05, 0) is 36.3 Å². The smallest absolute Gasteiger partial charge is 0.419 e. The topological polar surface area (TPSA) is 54.6 Å². The molecule has 0 aromatic carbocycles. The lowest BCUT2D eigenvalue weighted by Crippen LogP contribution is -2.12. The predicted molar refractivity (Wildman–Crippen MR) is 120 cm³/mol. The van der Waals surface area contributed by atoms with Gasteiger partial charge in [0.25, 0.3) is 0 Å². The molecule has 0 bridgehead atoms. The van der Waals surface area contributed by atoms with Crippen molar-refractivity contribution in [3.63, 3.8) is 0 Å². The molecule has 32 heavy (non-hydrogen) atoms. The highest BCUT2D eigenvalue weighted by Gasteiger charge is 2.37. The average molecular weight is 471 g/mol. The molecule has 2 aromatic rings. The van der Waals surface area contributed by atoms with Crippen molar-refractivity contribution in [2.24, 2.45) is 5.41 Å². The van der Waals surface area contributed by atoms with Crippen molar-refractivity contribution in [3.8, 4) is 12.3 Å². The van der Waals surface area contributed by atoms with Crippen molar-refractivity contribution < 1.29 is 23.1 Å². The number of pyridine rings is 1. The first-order valence-corrected chi connectivity index (χ1v) is 11.3. The first kappa shape index (κ1) is 26.1. The summed E-state index contributed by atoms with van der Waals surface area (Å²) in [5, 5.41) is 8.79. The highest BCUT2D eigenvalue weighted by Crippen LogP contribution is 2.36. The van der Waals surface area contributed by atoms with Crippen LogP contribution in [0.4, 0.5) is 13.2 Å². The molecule has 176 valence electrons. The van der Waals surface area contributed by atoms with Crippen LogP contribution >= 0.6 is 11.6 Å². The number of imidazole rings is 1. The third kappa shape index (κ3) is 6.65. The molecule has 0 fully saturated rings. The van der Waals surface area contributed by atoms with Crippen LogP contribution in [0.5, 0.6) is 0 Å². The van der Waals surface area contributed by atoms with Crippen LogP contribution in [-0.2, 0) is 12.6 Å². The third-order valence-electron chi connectivity index (χ3n) is 5.43. The Morgan fingerprint density at radius 2 is 1.69 bits per heavy atom. The fraction of sp³-hybridized carbons (Fsp3) is 0.583. The number of alkyl halides is 3. The summed E-state index contributed by atoms with van der Waals surface area (Å²) >= 11 is 6.06. The van der Waals surface area contributed by atoms with Crippen LogP contribution in [0.15, 0.2) is 6.07 Å². The van der Waals surface area contributed by atoms with Gasteiger partial charge in [-0.2, -0.15) is 13.2 Å². The lowest BCUT2D eigenvalue weighted by atomic mass is 9.89. The highest BCUT2D eigenvalue weighted by molar-refractivity contribution is 6.32. The molecule has 8 heteroatoms. The number of halogens is 4. The number of carboxylic acid groups (broad SMARTS) is 1. The van der Waals surface area contributed by atoms with E-state index in [0.29, 0.717) is 23.8 Å². The Hall–Kier alpha value is -2.20. The summed E-state index contributed by atoms with van der Waals surface area (Å²) in [5.74, 6) is 0.861. The van der Waals surface area contributed by atoms with Gasteiger partial charge in [0.05, 0.1) is 5.56 Å².